The SMILES string of the molecule is COc1ccccc1OCc1nc(C2(N)CCC2)no1.Cl. The normalized spacial score (nSPS) is 15.7. The number of nitrogens with zero attached hydrogens (tertiary/aromatic N) is 2. The molecule has 0 aliphatic heterocycles. The molecule has 1 aromatic heterocycles. The topological polar surface area (TPSA) is 83.4 Å². The van der Waals surface area contributed by atoms with Crippen molar-refractivity contribution < 1.29 is 14.0 Å². The highest BCUT2D eigenvalue weighted by atomic mass is 35.5. The average molecular weight is 312 g/mol. The first kappa shape index (κ1) is 15.6. The molecule has 0 amide bonds. The zero-order valence-corrected chi connectivity index (χ0v) is 12.6. The zero-order valence-electron chi connectivity index (χ0n) is 11.7. The Hall–Kier alpha value is -1.79. The molecule has 114 valence electrons. The molecule has 2 N–H and O–H groups in total. The monoisotopic (exact) mass is 311 g/mol. The van der Waals surface area contributed by atoms with Crippen molar-refractivity contribution in [3.8, 4) is 11.5 Å². The van der Waals surface area contributed by atoms with E-state index in [4.69, 9.17) is 19.7 Å². The van der Waals surface area contributed by atoms with Crippen LogP contribution in [0.4, 0.5) is 0 Å². The third-order valence-corrected chi connectivity index (χ3v) is 3.58. The molecular formula is C14H18ClN3O3. The van der Waals surface area contributed by atoms with Gasteiger partial charge in [0.1, 0.15) is 0 Å². The lowest BCUT2D eigenvalue weighted by atomic mass is 9.77. The minimum atomic E-state index is -0.411. The fraction of sp³-hybridized carbons (Fsp3) is 0.429. The lowest BCUT2D eigenvalue weighted by Crippen LogP contribution is -2.44. The molecule has 0 unspecified atom stereocenters. The maximum Gasteiger partial charge on any atom is 0.264 e. The molecule has 2 aromatic rings. The molecule has 1 heterocycles. The van der Waals surface area contributed by atoms with Gasteiger partial charge in [-0.15, -0.1) is 12.4 Å². The van der Waals surface area contributed by atoms with E-state index in [9.17, 15) is 0 Å². The second-order valence-electron chi connectivity index (χ2n) is 4.96. The van der Waals surface area contributed by atoms with Crippen LogP contribution < -0.4 is 15.2 Å². The van der Waals surface area contributed by atoms with Crippen LogP contribution in [0, 0.1) is 0 Å². The van der Waals surface area contributed by atoms with Gasteiger partial charge in [0.2, 0.25) is 0 Å². The number of aromatic nitrogens is 2. The summed E-state index contributed by atoms with van der Waals surface area (Å²) in [5, 5.41) is 3.94. The molecule has 21 heavy (non-hydrogen) atoms. The van der Waals surface area contributed by atoms with Crippen molar-refractivity contribution in [2.24, 2.45) is 5.73 Å². The Balaban J connectivity index is 0.00000161. The van der Waals surface area contributed by atoms with E-state index in [1.54, 1.807) is 7.11 Å². The van der Waals surface area contributed by atoms with E-state index in [0.717, 1.165) is 19.3 Å². The lowest BCUT2D eigenvalue weighted by molar-refractivity contribution is 0.220. The van der Waals surface area contributed by atoms with Gasteiger partial charge < -0.3 is 19.7 Å². The molecule has 1 aromatic carbocycles. The Morgan fingerprint density at radius 3 is 2.62 bits per heavy atom. The summed E-state index contributed by atoms with van der Waals surface area (Å²) in [6.07, 6.45) is 2.91. The van der Waals surface area contributed by atoms with Crippen molar-refractivity contribution in [1.29, 1.82) is 0 Å². The molecule has 0 radical (unpaired) electrons. The van der Waals surface area contributed by atoms with Crippen LogP contribution in [0.1, 0.15) is 31.0 Å². The number of methoxy groups -OCH3 is 1. The van der Waals surface area contributed by atoms with Gasteiger partial charge in [0.25, 0.3) is 5.89 Å². The molecule has 1 aliphatic rings. The Morgan fingerprint density at radius 2 is 2.00 bits per heavy atom. The van der Waals surface area contributed by atoms with E-state index in [-0.39, 0.29) is 19.0 Å². The van der Waals surface area contributed by atoms with Crippen LogP contribution in [0.25, 0.3) is 0 Å². The van der Waals surface area contributed by atoms with Gasteiger partial charge in [-0.25, -0.2) is 0 Å². The summed E-state index contributed by atoms with van der Waals surface area (Å²) in [6, 6.07) is 7.41. The van der Waals surface area contributed by atoms with Crippen molar-refractivity contribution in [2.45, 2.75) is 31.4 Å². The highest BCUT2D eigenvalue weighted by Crippen LogP contribution is 2.37. The first-order chi connectivity index (χ1) is 9.71. The summed E-state index contributed by atoms with van der Waals surface area (Å²) in [6.45, 7) is 0.198. The van der Waals surface area contributed by atoms with E-state index in [1.807, 2.05) is 24.3 Å². The van der Waals surface area contributed by atoms with Gasteiger partial charge in [-0.05, 0) is 31.4 Å². The molecule has 1 fully saturated rings. The summed E-state index contributed by atoms with van der Waals surface area (Å²) in [5.74, 6) is 2.30. The molecule has 0 atom stereocenters. The minimum Gasteiger partial charge on any atom is -0.493 e. The molecule has 1 aliphatic carbocycles. The van der Waals surface area contributed by atoms with Gasteiger partial charge in [-0.3, -0.25) is 0 Å². The van der Waals surface area contributed by atoms with Gasteiger partial charge in [0, 0.05) is 0 Å². The fourth-order valence-electron chi connectivity index (χ4n) is 2.17. The first-order valence-corrected chi connectivity index (χ1v) is 6.59. The predicted molar refractivity (Wildman–Crippen MR) is 78.6 cm³/mol. The number of halogens is 1. The highest BCUT2D eigenvalue weighted by molar-refractivity contribution is 5.85. The molecule has 0 bridgehead atoms. The van der Waals surface area contributed by atoms with Gasteiger partial charge in [-0.2, -0.15) is 4.98 Å². The molecule has 6 nitrogen and oxygen atoms in total. The Bertz CT molecular complexity index is 599. The summed E-state index contributed by atoms with van der Waals surface area (Å²) < 4.78 is 16.0. The van der Waals surface area contributed by atoms with Crippen molar-refractivity contribution in [3.63, 3.8) is 0 Å². The maximum atomic E-state index is 6.14. The highest BCUT2D eigenvalue weighted by Gasteiger charge is 2.38. The van der Waals surface area contributed by atoms with Gasteiger partial charge >= 0.3 is 0 Å². The number of benzene rings is 1. The van der Waals surface area contributed by atoms with Gasteiger partial charge in [0.05, 0.1) is 12.6 Å². The molecule has 0 saturated heterocycles. The first-order valence-electron chi connectivity index (χ1n) is 6.59. The van der Waals surface area contributed by atoms with E-state index < -0.39 is 5.54 Å². The number of para-hydroxylation sites is 2. The Kier molecular flexibility index (Phi) is 4.69. The average Bonchev–Trinajstić information content (AvgIpc) is 2.92. The Labute approximate surface area is 129 Å². The predicted octanol–water partition coefficient (Wildman–Crippen LogP) is 2.42. The smallest absolute Gasteiger partial charge is 0.264 e. The third kappa shape index (κ3) is 3.11. The van der Waals surface area contributed by atoms with Crippen molar-refractivity contribution >= 4 is 12.4 Å². The molecule has 7 heteroatoms. The summed E-state index contributed by atoms with van der Waals surface area (Å²) in [5.41, 5.74) is 5.73. The largest absolute Gasteiger partial charge is 0.493 e. The number of ether oxygens (including phenoxy) is 2. The fourth-order valence-corrected chi connectivity index (χ4v) is 2.17. The summed E-state index contributed by atoms with van der Waals surface area (Å²) in [4.78, 5) is 4.31. The number of hydrogen-bond donors (Lipinski definition) is 1. The Morgan fingerprint density at radius 1 is 1.29 bits per heavy atom. The van der Waals surface area contributed by atoms with Crippen molar-refractivity contribution in [3.05, 3.63) is 36.0 Å². The van der Waals surface area contributed by atoms with Crippen LogP contribution in [-0.2, 0) is 12.1 Å². The second kappa shape index (κ2) is 6.32. The van der Waals surface area contributed by atoms with Crippen molar-refractivity contribution in [2.75, 3.05) is 7.11 Å². The van der Waals surface area contributed by atoms with Crippen LogP contribution in [0.2, 0.25) is 0 Å². The van der Waals surface area contributed by atoms with E-state index in [1.165, 1.54) is 0 Å². The maximum absolute atomic E-state index is 6.14. The lowest BCUT2D eigenvalue weighted by Gasteiger charge is -2.34. The number of rotatable bonds is 5. The standard InChI is InChI=1S/C14H17N3O3.ClH/c1-18-10-5-2-3-6-11(10)19-9-12-16-13(17-20-12)14(15)7-4-8-14;/h2-3,5-6H,4,7-9,15H2,1H3;1H. The summed E-state index contributed by atoms with van der Waals surface area (Å²) in [7, 11) is 1.60. The third-order valence-electron chi connectivity index (χ3n) is 3.58. The second-order valence-corrected chi connectivity index (χ2v) is 4.96. The molecule has 1 saturated carbocycles. The van der Waals surface area contributed by atoms with Crippen LogP contribution in [0.3, 0.4) is 0 Å². The van der Waals surface area contributed by atoms with Crippen LogP contribution >= 0.6 is 12.4 Å². The van der Waals surface area contributed by atoms with Crippen molar-refractivity contribution in [1.82, 2.24) is 10.1 Å². The molecule has 3 rings (SSSR count). The van der Waals surface area contributed by atoms with Gasteiger partial charge in [-0.1, -0.05) is 17.3 Å². The van der Waals surface area contributed by atoms with E-state index >= 15 is 0 Å². The molecular weight excluding hydrogens is 294 g/mol. The van der Waals surface area contributed by atoms with Gasteiger partial charge in [0.15, 0.2) is 23.9 Å². The minimum absolute atomic E-state index is 0. The van der Waals surface area contributed by atoms with E-state index in [0.29, 0.717) is 23.2 Å². The van der Waals surface area contributed by atoms with E-state index in [2.05, 4.69) is 10.1 Å². The molecule has 0 spiro atoms. The van der Waals surface area contributed by atoms with Crippen LogP contribution in [0.5, 0.6) is 11.5 Å². The van der Waals surface area contributed by atoms with Crippen LogP contribution in [-0.4, -0.2) is 17.3 Å². The van der Waals surface area contributed by atoms with Crippen LogP contribution in [0.15, 0.2) is 28.8 Å². The quantitative estimate of drug-likeness (QED) is 0.913. The summed E-state index contributed by atoms with van der Waals surface area (Å²) >= 11 is 0. The number of hydrogen-bond acceptors (Lipinski definition) is 6. The number of nitrogens with two attached hydrogens (primary N) is 1. The zero-order chi connectivity index (χ0) is 14.0.